The molecule has 1 rings (SSSR count). The van der Waals surface area contributed by atoms with Crippen molar-refractivity contribution in [3.63, 3.8) is 0 Å². The van der Waals surface area contributed by atoms with E-state index in [2.05, 4.69) is 39.8 Å². The first-order chi connectivity index (χ1) is 9.74. The molecule has 21 heavy (non-hydrogen) atoms. The van der Waals surface area contributed by atoms with Crippen molar-refractivity contribution < 1.29 is 14.6 Å². The van der Waals surface area contributed by atoms with E-state index >= 15 is 0 Å². The van der Waals surface area contributed by atoms with Gasteiger partial charge in [-0.1, -0.05) is 12.1 Å². The fraction of sp³-hybridized carbons (Fsp3) is 0.588. The van der Waals surface area contributed by atoms with Crippen LogP contribution < -0.4 is 4.74 Å². The molecule has 0 heterocycles. The quantitative estimate of drug-likeness (QED) is 0.838. The van der Waals surface area contributed by atoms with Crippen LogP contribution in [0.3, 0.4) is 0 Å². The zero-order valence-electron chi connectivity index (χ0n) is 13.7. The minimum atomic E-state index is -0.777. The lowest BCUT2D eigenvalue weighted by molar-refractivity contribution is -0.140. The second kappa shape index (κ2) is 7.46. The van der Waals surface area contributed by atoms with E-state index in [1.807, 2.05) is 17.0 Å². The molecule has 1 unspecified atom stereocenters. The summed E-state index contributed by atoms with van der Waals surface area (Å²) in [4.78, 5) is 13.1. The van der Waals surface area contributed by atoms with E-state index < -0.39 is 5.97 Å². The molecule has 0 aliphatic heterocycles. The maximum Gasteiger partial charge on any atom is 0.317 e. The molecule has 4 nitrogen and oxygen atoms in total. The Morgan fingerprint density at radius 2 is 1.86 bits per heavy atom. The van der Waals surface area contributed by atoms with Gasteiger partial charge in [-0.15, -0.1) is 0 Å². The molecule has 118 valence electrons. The lowest BCUT2D eigenvalue weighted by Crippen LogP contribution is -2.49. The van der Waals surface area contributed by atoms with E-state index in [9.17, 15) is 4.79 Å². The summed E-state index contributed by atoms with van der Waals surface area (Å²) in [7, 11) is 1.66. The van der Waals surface area contributed by atoms with Gasteiger partial charge >= 0.3 is 5.97 Å². The summed E-state index contributed by atoms with van der Waals surface area (Å²) in [5.41, 5.74) is 1.09. The van der Waals surface area contributed by atoms with Gasteiger partial charge in [0, 0.05) is 11.6 Å². The summed E-state index contributed by atoms with van der Waals surface area (Å²) >= 11 is 0. The standard InChI is InChI=1S/C17H27NO3/c1-13(18(12-16(19)20)17(2,3)4)6-7-14-8-10-15(21-5)11-9-14/h8-11,13H,6-7,12H2,1-5H3,(H,19,20). The zero-order chi connectivity index (χ0) is 16.0. The molecule has 0 aromatic heterocycles. The number of benzene rings is 1. The minimum absolute atomic E-state index is 0.0767. The number of hydrogen-bond donors (Lipinski definition) is 1. The third-order valence-corrected chi connectivity index (χ3v) is 3.71. The molecule has 4 heteroatoms. The van der Waals surface area contributed by atoms with E-state index in [1.165, 1.54) is 5.56 Å². The summed E-state index contributed by atoms with van der Waals surface area (Å²) in [5.74, 6) is 0.0789. The van der Waals surface area contributed by atoms with Gasteiger partial charge in [-0.25, -0.2) is 0 Å². The Balaban J connectivity index is 2.64. The SMILES string of the molecule is COc1ccc(CCC(C)N(CC(=O)O)C(C)(C)C)cc1. The molecular formula is C17H27NO3. The van der Waals surface area contributed by atoms with Crippen LogP contribution in [-0.4, -0.2) is 41.2 Å². The number of nitrogens with zero attached hydrogens (tertiary/aromatic N) is 1. The Kier molecular flexibility index (Phi) is 6.21. The zero-order valence-corrected chi connectivity index (χ0v) is 13.7. The number of carbonyl (C=O) groups is 1. The van der Waals surface area contributed by atoms with Crippen LogP contribution in [0, 0.1) is 0 Å². The van der Waals surface area contributed by atoms with Gasteiger partial charge in [-0.3, -0.25) is 9.69 Å². The molecule has 1 aromatic carbocycles. The summed E-state index contributed by atoms with van der Waals surface area (Å²) in [5, 5.41) is 9.08. The second-order valence-electron chi connectivity index (χ2n) is 6.43. The van der Waals surface area contributed by atoms with Crippen LogP contribution in [0.1, 0.15) is 39.7 Å². The Morgan fingerprint density at radius 3 is 2.29 bits per heavy atom. The number of ether oxygens (including phenoxy) is 1. The number of carboxylic acid groups (broad SMARTS) is 1. The van der Waals surface area contributed by atoms with Crippen molar-refractivity contribution in [2.75, 3.05) is 13.7 Å². The van der Waals surface area contributed by atoms with Crippen molar-refractivity contribution in [1.29, 1.82) is 0 Å². The molecule has 0 radical (unpaired) electrons. The first kappa shape index (κ1) is 17.5. The smallest absolute Gasteiger partial charge is 0.317 e. The molecular weight excluding hydrogens is 266 g/mol. The molecule has 0 amide bonds. The highest BCUT2D eigenvalue weighted by molar-refractivity contribution is 5.69. The largest absolute Gasteiger partial charge is 0.497 e. The van der Waals surface area contributed by atoms with Gasteiger partial charge < -0.3 is 9.84 Å². The van der Waals surface area contributed by atoms with Gasteiger partial charge in [-0.05, 0) is 58.2 Å². The van der Waals surface area contributed by atoms with Crippen molar-refractivity contribution in [2.45, 2.75) is 52.1 Å². The van der Waals surface area contributed by atoms with Gasteiger partial charge in [0.1, 0.15) is 5.75 Å². The average molecular weight is 293 g/mol. The van der Waals surface area contributed by atoms with Gasteiger partial charge in [0.15, 0.2) is 0 Å². The topological polar surface area (TPSA) is 49.8 Å². The molecule has 0 spiro atoms. The lowest BCUT2D eigenvalue weighted by Gasteiger charge is -2.39. The molecule has 0 saturated carbocycles. The molecule has 0 saturated heterocycles. The average Bonchev–Trinajstić information content (AvgIpc) is 2.41. The first-order valence-corrected chi connectivity index (χ1v) is 7.35. The van der Waals surface area contributed by atoms with Crippen LogP contribution in [-0.2, 0) is 11.2 Å². The van der Waals surface area contributed by atoms with Crippen LogP contribution in [0.4, 0.5) is 0 Å². The number of methoxy groups -OCH3 is 1. The highest BCUT2D eigenvalue weighted by Crippen LogP contribution is 2.20. The summed E-state index contributed by atoms with van der Waals surface area (Å²) in [6, 6.07) is 8.24. The predicted molar refractivity (Wildman–Crippen MR) is 84.9 cm³/mol. The van der Waals surface area contributed by atoms with Gasteiger partial charge in [0.05, 0.1) is 13.7 Å². The predicted octanol–water partition coefficient (Wildman–Crippen LogP) is 3.20. The number of carboxylic acids is 1. The molecule has 1 N–H and O–H groups in total. The fourth-order valence-corrected chi connectivity index (χ4v) is 2.52. The summed E-state index contributed by atoms with van der Waals surface area (Å²) in [6.45, 7) is 8.34. The van der Waals surface area contributed by atoms with E-state index in [0.29, 0.717) is 0 Å². The van der Waals surface area contributed by atoms with E-state index in [4.69, 9.17) is 9.84 Å². The van der Waals surface area contributed by atoms with Crippen LogP contribution in [0.15, 0.2) is 24.3 Å². The number of aliphatic carboxylic acids is 1. The highest BCUT2D eigenvalue weighted by atomic mass is 16.5. The van der Waals surface area contributed by atoms with Crippen molar-refractivity contribution in [3.05, 3.63) is 29.8 Å². The maximum atomic E-state index is 11.1. The Bertz CT molecular complexity index is 448. The Morgan fingerprint density at radius 1 is 1.29 bits per heavy atom. The molecule has 0 aliphatic rings. The van der Waals surface area contributed by atoms with Crippen LogP contribution in [0.2, 0.25) is 0 Å². The van der Waals surface area contributed by atoms with E-state index in [0.717, 1.165) is 18.6 Å². The van der Waals surface area contributed by atoms with Crippen LogP contribution in [0.25, 0.3) is 0 Å². The number of aryl methyl sites for hydroxylation is 1. The lowest BCUT2D eigenvalue weighted by atomic mass is 9.99. The van der Waals surface area contributed by atoms with E-state index in [-0.39, 0.29) is 18.1 Å². The first-order valence-electron chi connectivity index (χ1n) is 7.35. The molecule has 0 aliphatic carbocycles. The molecule has 0 bridgehead atoms. The maximum absolute atomic E-state index is 11.1. The minimum Gasteiger partial charge on any atom is -0.497 e. The summed E-state index contributed by atoms with van der Waals surface area (Å²) in [6.07, 6.45) is 1.86. The summed E-state index contributed by atoms with van der Waals surface area (Å²) < 4.78 is 5.15. The molecule has 1 atom stereocenters. The van der Waals surface area contributed by atoms with Crippen molar-refractivity contribution >= 4 is 5.97 Å². The van der Waals surface area contributed by atoms with Crippen LogP contribution >= 0.6 is 0 Å². The molecule has 0 fully saturated rings. The number of hydrogen-bond acceptors (Lipinski definition) is 3. The van der Waals surface area contributed by atoms with Crippen molar-refractivity contribution in [2.24, 2.45) is 0 Å². The van der Waals surface area contributed by atoms with Gasteiger partial charge in [0.2, 0.25) is 0 Å². The van der Waals surface area contributed by atoms with Crippen molar-refractivity contribution in [3.8, 4) is 5.75 Å². The van der Waals surface area contributed by atoms with Crippen molar-refractivity contribution in [1.82, 2.24) is 4.90 Å². The van der Waals surface area contributed by atoms with Gasteiger partial charge in [-0.2, -0.15) is 0 Å². The highest BCUT2D eigenvalue weighted by Gasteiger charge is 2.27. The van der Waals surface area contributed by atoms with Gasteiger partial charge in [0.25, 0.3) is 0 Å². The second-order valence-corrected chi connectivity index (χ2v) is 6.43. The normalized spacial score (nSPS) is 13.2. The Labute approximate surface area is 127 Å². The monoisotopic (exact) mass is 293 g/mol. The fourth-order valence-electron chi connectivity index (χ4n) is 2.52. The Hall–Kier alpha value is -1.55. The third-order valence-electron chi connectivity index (χ3n) is 3.71. The van der Waals surface area contributed by atoms with E-state index in [1.54, 1.807) is 7.11 Å². The third kappa shape index (κ3) is 5.76. The van der Waals surface area contributed by atoms with Crippen LogP contribution in [0.5, 0.6) is 5.75 Å². The molecule has 1 aromatic rings. The number of rotatable bonds is 7.